The van der Waals surface area contributed by atoms with Crippen LogP contribution in [0.1, 0.15) is 52.2 Å². The number of thiophene rings is 1. The predicted octanol–water partition coefficient (Wildman–Crippen LogP) is 2.24. The fourth-order valence-electron chi connectivity index (χ4n) is 2.82. The SMILES string of the molecule is NC1CC(NC(=O)c2cc3c(s2)CCCCC3)C1. The van der Waals surface area contributed by atoms with Crippen molar-refractivity contribution < 1.29 is 4.79 Å². The van der Waals surface area contributed by atoms with Crippen LogP contribution in [0.25, 0.3) is 0 Å². The van der Waals surface area contributed by atoms with Crippen LogP contribution in [0.5, 0.6) is 0 Å². The molecule has 0 atom stereocenters. The number of hydrogen-bond acceptors (Lipinski definition) is 3. The molecule has 0 aliphatic heterocycles. The van der Waals surface area contributed by atoms with Crippen molar-refractivity contribution in [2.75, 3.05) is 0 Å². The van der Waals surface area contributed by atoms with Gasteiger partial charge < -0.3 is 11.1 Å². The third-order valence-corrected chi connectivity index (χ3v) is 5.22. The van der Waals surface area contributed by atoms with Crippen LogP contribution in [-0.2, 0) is 12.8 Å². The van der Waals surface area contributed by atoms with Crippen LogP contribution >= 0.6 is 11.3 Å². The summed E-state index contributed by atoms with van der Waals surface area (Å²) in [4.78, 5) is 14.4. The van der Waals surface area contributed by atoms with Gasteiger partial charge >= 0.3 is 0 Å². The molecule has 3 rings (SSSR count). The van der Waals surface area contributed by atoms with Crippen LogP contribution in [0, 0.1) is 0 Å². The van der Waals surface area contributed by atoms with E-state index in [4.69, 9.17) is 5.73 Å². The Morgan fingerprint density at radius 3 is 2.83 bits per heavy atom. The van der Waals surface area contributed by atoms with Gasteiger partial charge in [0.2, 0.25) is 0 Å². The van der Waals surface area contributed by atoms with E-state index in [1.54, 1.807) is 11.3 Å². The third-order valence-electron chi connectivity index (χ3n) is 3.98. The summed E-state index contributed by atoms with van der Waals surface area (Å²) >= 11 is 1.69. The number of hydrogen-bond donors (Lipinski definition) is 2. The van der Waals surface area contributed by atoms with Crippen molar-refractivity contribution in [2.45, 2.75) is 57.0 Å². The summed E-state index contributed by atoms with van der Waals surface area (Å²) in [6.07, 6.45) is 8.01. The number of carbonyl (C=O) groups is 1. The Morgan fingerprint density at radius 1 is 1.28 bits per heavy atom. The van der Waals surface area contributed by atoms with Crippen molar-refractivity contribution in [3.8, 4) is 0 Å². The van der Waals surface area contributed by atoms with Gasteiger partial charge in [-0.3, -0.25) is 4.79 Å². The zero-order chi connectivity index (χ0) is 12.5. The summed E-state index contributed by atoms with van der Waals surface area (Å²) < 4.78 is 0. The summed E-state index contributed by atoms with van der Waals surface area (Å²) in [5.74, 6) is 0.102. The van der Waals surface area contributed by atoms with Gasteiger partial charge in [0, 0.05) is 17.0 Å². The van der Waals surface area contributed by atoms with Gasteiger partial charge in [-0.25, -0.2) is 0 Å². The maximum Gasteiger partial charge on any atom is 0.261 e. The molecule has 98 valence electrons. The summed E-state index contributed by atoms with van der Waals surface area (Å²) in [6.45, 7) is 0. The highest BCUT2D eigenvalue weighted by Crippen LogP contribution is 2.29. The first kappa shape index (κ1) is 12.2. The van der Waals surface area contributed by atoms with Crippen molar-refractivity contribution in [1.29, 1.82) is 0 Å². The van der Waals surface area contributed by atoms with Crippen LogP contribution in [0.4, 0.5) is 0 Å². The van der Waals surface area contributed by atoms with Crippen molar-refractivity contribution in [3.63, 3.8) is 0 Å². The molecule has 3 nitrogen and oxygen atoms in total. The standard InChI is InChI=1S/C14H20N2OS/c15-10-7-11(8-10)16-14(17)13-6-9-4-2-1-3-5-12(9)18-13/h6,10-11H,1-5,7-8,15H2,(H,16,17). The Morgan fingerprint density at radius 2 is 2.06 bits per heavy atom. The van der Waals surface area contributed by atoms with E-state index >= 15 is 0 Å². The fourth-order valence-corrected chi connectivity index (χ4v) is 3.97. The van der Waals surface area contributed by atoms with Gasteiger partial charge in [-0.1, -0.05) is 6.42 Å². The second-order valence-electron chi connectivity index (χ2n) is 5.52. The monoisotopic (exact) mass is 264 g/mol. The van der Waals surface area contributed by atoms with Crippen LogP contribution in [-0.4, -0.2) is 18.0 Å². The second-order valence-corrected chi connectivity index (χ2v) is 6.66. The zero-order valence-corrected chi connectivity index (χ0v) is 11.4. The Labute approximate surface area is 112 Å². The molecule has 2 aliphatic carbocycles. The molecule has 1 heterocycles. The maximum absolute atomic E-state index is 12.1. The highest BCUT2D eigenvalue weighted by Gasteiger charge is 2.28. The van der Waals surface area contributed by atoms with Gasteiger partial charge in [0.05, 0.1) is 4.88 Å². The van der Waals surface area contributed by atoms with Gasteiger partial charge in [-0.2, -0.15) is 0 Å². The van der Waals surface area contributed by atoms with Crippen LogP contribution < -0.4 is 11.1 Å². The summed E-state index contributed by atoms with van der Waals surface area (Å²) in [6, 6.07) is 2.70. The lowest BCUT2D eigenvalue weighted by Gasteiger charge is -2.32. The van der Waals surface area contributed by atoms with E-state index in [9.17, 15) is 4.79 Å². The Hall–Kier alpha value is -0.870. The molecule has 0 radical (unpaired) electrons. The molecule has 0 spiro atoms. The Balaban J connectivity index is 1.66. The third kappa shape index (κ3) is 2.45. The number of carbonyl (C=O) groups excluding carboxylic acids is 1. The van der Waals surface area contributed by atoms with Crippen LogP contribution in [0.3, 0.4) is 0 Å². The molecule has 0 saturated heterocycles. The molecule has 3 N–H and O–H groups in total. The molecular weight excluding hydrogens is 244 g/mol. The molecule has 1 amide bonds. The lowest BCUT2D eigenvalue weighted by molar-refractivity contribution is 0.0914. The second kappa shape index (κ2) is 5.02. The van der Waals surface area contributed by atoms with Crippen molar-refractivity contribution in [1.82, 2.24) is 5.32 Å². The number of nitrogens with one attached hydrogen (secondary N) is 1. The summed E-state index contributed by atoms with van der Waals surface area (Å²) in [5.41, 5.74) is 7.14. The lowest BCUT2D eigenvalue weighted by Crippen LogP contribution is -2.50. The summed E-state index contributed by atoms with van der Waals surface area (Å²) in [7, 11) is 0. The number of rotatable bonds is 2. The molecule has 0 unspecified atom stereocenters. The van der Waals surface area contributed by atoms with Gasteiger partial charge in [-0.15, -0.1) is 11.3 Å². The number of amides is 1. The minimum Gasteiger partial charge on any atom is -0.348 e. The summed E-state index contributed by atoms with van der Waals surface area (Å²) in [5, 5.41) is 3.08. The molecule has 2 aliphatic rings. The predicted molar refractivity (Wildman–Crippen MR) is 74.0 cm³/mol. The average Bonchev–Trinajstić information content (AvgIpc) is 2.59. The minimum absolute atomic E-state index is 0.102. The number of nitrogens with two attached hydrogens (primary N) is 1. The first-order valence-corrected chi connectivity index (χ1v) is 7.72. The van der Waals surface area contributed by atoms with Gasteiger partial charge in [0.1, 0.15) is 0 Å². The van der Waals surface area contributed by atoms with Gasteiger partial charge in [0.15, 0.2) is 0 Å². The van der Waals surface area contributed by atoms with E-state index < -0.39 is 0 Å². The van der Waals surface area contributed by atoms with E-state index in [2.05, 4.69) is 11.4 Å². The highest BCUT2D eigenvalue weighted by molar-refractivity contribution is 7.14. The first-order chi connectivity index (χ1) is 8.72. The van der Waals surface area contributed by atoms with Crippen LogP contribution in [0.15, 0.2) is 6.07 Å². The van der Waals surface area contributed by atoms with E-state index in [-0.39, 0.29) is 11.9 Å². The number of aryl methyl sites for hydroxylation is 2. The smallest absolute Gasteiger partial charge is 0.261 e. The molecule has 1 fully saturated rings. The Bertz CT molecular complexity index is 425. The molecule has 1 aromatic rings. The van der Waals surface area contributed by atoms with E-state index in [1.165, 1.54) is 29.7 Å². The van der Waals surface area contributed by atoms with Crippen molar-refractivity contribution in [3.05, 3.63) is 21.4 Å². The fraction of sp³-hybridized carbons (Fsp3) is 0.643. The minimum atomic E-state index is 0.102. The van der Waals surface area contributed by atoms with E-state index in [0.29, 0.717) is 6.04 Å². The molecule has 1 aromatic heterocycles. The van der Waals surface area contributed by atoms with Gasteiger partial charge in [0.25, 0.3) is 5.91 Å². The Kier molecular flexibility index (Phi) is 3.39. The molecule has 1 saturated carbocycles. The quantitative estimate of drug-likeness (QED) is 0.805. The van der Waals surface area contributed by atoms with Crippen LogP contribution in [0.2, 0.25) is 0 Å². The zero-order valence-electron chi connectivity index (χ0n) is 10.6. The molecular formula is C14H20N2OS. The van der Waals surface area contributed by atoms with Gasteiger partial charge in [-0.05, 0) is 50.2 Å². The maximum atomic E-state index is 12.1. The number of fused-ring (bicyclic) bond motifs is 1. The average molecular weight is 264 g/mol. The lowest BCUT2D eigenvalue weighted by atomic mass is 9.87. The first-order valence-electron chi connectivity index (χ1n) is 6.90. The molecule has 0 bridgehead atoms. The molecule has 18 heavy (non-hydrogen) atoms. The van der Waals surface area contributed by atoms with Crippen molar-refractivity contribution >= 4 is 17.2 Å². The van der Waals surface area contributed by atoms with E-state index in [1.807, 2.05) is 0 Å². The highest BCUT2D eigenvalue weighted by atomic mass is 32.1. The van der Waals surface area contributed by atoms with Crippen molar-refractivity contribution in [2.24, 2.45) is 5.73 Å². The molecule has 4 heteroatoms. The van der Waals surface area contributed by atoms with E-state index in [0.717, 1.165) is 30.6 Å². The normalized spacial score (nSPS) is 26.9. The molecule has 0 aromatic carbocycles. The topological polar surface area (TPSA) is 55.1 Å². The largest absolute Gasteiger partial charge is 0.348 e.